The summed E-state index contributed by atoms with van der Waals surface area (Å²) in [5, 5.41) is 3.32. The molecule has 1 fully saturated rings. The highest BCUT2D eigenvalue weighted by Gasteiger charge is 2.34. The first kappa shape index (κ1) is 7.80. The fourth-order valence-electron chi connectivity index (χ4n) is 1.77. The van der Waals surface area contributed by atoms with Gasteiger partial charge >= 0.3 is 0 Å². The van der Waals surface area contributed by atoms with Crippen LogP contribution >= 0.6 is 0 Å². The lowest BCUT2D eigenvalue weighted by Crippen LogP contribution is -2.46. The van der Waals surface area contributed by atoms with E-state index in [0.29, 0.717) is 0 Å². The molecule has 58 valence electrons. The molecule has 0 unspecified atom stereocenters. The average Bonchev–Trinajstić information content (AvgIpc) is 1.95. The zero-order valence-corrected chi connectivity index (χ0v) is 7.09. The van der Waals surface area contributed by atoms with Crippen molar-refractivity contribution in [2.45, 2.75) is 26.3 Å². The number of allylic oxidation sites excluding steroid dienone is 1. The molecule has 0 aromatic carbocycles. The van der Waals surface area contributed by atoms with Crippen molar-refractivity contribution in [3.8, 4) is 0 Å². The summed E-state index contributed by atoms with van der Waals surface area (Å²) < 4.78 is 0. The Labute approximate surface area is 63.5 Å². The molecule has 3 atom stereocenters. The Kier molecular flexibility index (Phi) is 2.50. The Morgan fingerprint density at radius 3 is 2.60 bits per heavy atom. The topological polar surface area (TPSA) is 12.0 Å². The predicted octanol–water partition coefficient (Wildman–Crippen LogP) is 1.81. The van der Waals surface area contributed by atoms with Crippen LogP contribution < -0.4 is 5.32 Å². The van der Waals surface area contributed by atoms with E-state index in [1.165, 1.54) is 6.42 Å². The van der Waals surface area contributed by atoms with Crippen LogP contribution in [0.15, 0.2) is 12.2 Å². The second-order valence-electron chi connectivity index (χ2n) is 3.21. The molecule has 1 heteroatoms. The molecule has 0 radical (unpaired) electrons. The number of hydrogen-bond acceptors (Lipinski definition) is 1. The summed E-state index contributed by atoms with van der Waals surface area (Å²) >= 11 is 0. The minimum Gasteiger partial charge on any atom is -0.316 e. The van der Waals surface area contributed by atoms with Gasteiger partial charge in [0.05, 0.1) is 0 Å². The quantitative estimate of drug-likeness (QED) is 0.575. The Morgan fingerprint density at radius 2 is 2.20 bits per heavy atom. The number of rotatable bonds is 2. The lowest BCUT2D eigenvalue weighted by molar-refractivity contribution is 0.173. The first-order valence-corrected chi connectivity index (χ1v) is 4.09. The summed E-state index contributed by atoms with van der Waals surface area (Å²) in [5.74, 6) is 1.67. The molecule has 0 heterocycles. The molecule has 0 aromatic heterocycles. The van der Waals surface area contributed by atoms with Gasteiger partial charge in [-0.2, -0.15) is 0 Å². The van der Waals surface area contributed by atoms with Crippen molar-refractivity contribution in [3.05, 3.63) is 12.2 Å². The summed E-state index contributed by atoms with van der Waals surface area (Å²) in [6.45, 7) is 4.41. The van der Waals surface area contributed by atoms with Gasteiger partial charge in [0.25, 0.3) is 0 Å². The molecular weight excluding hydrogens is 122 g/mol. The Hall–Kier alpha value is -0.300. The zero-order valence-electron chi connectivity index (χ0n) is 7.09. The van der Waals surface area contributed by atoms with Gasteiger partial charge in [0.2, 0.25) is 0 Å². The lowest BCUT2D eigenvalue weighted by atomic mass is 9.70. The van der Waals surface area contributed by atoms with Crippen molar-refractivity contribution >= 4 is 0 Å². The van der Waals surface area contributed by atoms with Crippen LogP contribution in [0.5, 0.6) is 0 Å². The van der Waals surface area contributed by atoms with E-state index in [4.69, 9.17) is 0 Å². The molecule has 0 spiro atoms. The SMILES string of the molecule is C/C=C/[C@@H]1[C@@H](C)C[C@H]1NC. The van der Waals surface area contributed by atoms with E-state index in [1.807, 2.05) is 7.05 Å². The maximum absolute atomic E-state index is 3.32. The van der Waals surface area contributed by atoms with Crippen LogP contribution in [0.2, 0.25) is 0 Å². The second kappa shape index (κ2) is 3.20. The predicted molar refractivity (Wildman–Crippen MR) is 44.9 cm³/mol. The minimum atomic E-state index is 0.742. The Bertz CT molecular complexity index is 129. The van der Waals surface area contributed by atoms with Gasteiger partial charge in [-0.1, -0.05) is 19.1 Å². The lowest BCUT2D eigenvalue weighted by Gasteiger charge is -2.41. The monoisotopic (exact) mass is 139 g/mol. The molecule has 1 saturated carbocycles. The van der Waals surface area contributed by atoms with E-state index in [9.17, 15) is 0 Å². The summed E-state index contributed by atoms with van der Waals surface area (Å²) in [6.07, 6.45) is 5.81. The van der Waals surface area contributed by atoms with Crippen molar-refractivity contribution in [1.29, 1.82) is 0 Å². The standard InChI is InChI=1S/C9H17N/c1-4-5-8-7(2)6-9(8)10-3/h4-5,7-10H,6H2,1-3H3/b5-4+/t7-,8+,9+/m0/s1. The fourth-order valence-corrected chi connectivity index (χ4v) is 1.77. The zero-order chi connectivity index (χ0) is 7.56. The summed E-state index contributed by atoms with van der Waals surface area (Å²) in [6, 6.07) is 0.742. The van der Waals surface area contributed by atoms with Crippen LogP contribution in [0.25, 0.3) is 0 Å². The molecule has 10 heavy (non-hydrogen) atoms. The van der Waals surface area contributed by atoms with E-state index in [1.54, 1.807) is 0 Å². The molecule has 0 aromatic rings. The van der Waals surface area contributed by atoms with Crippen LogP contribution in [0.1, 0.15) is 20.3 Å². The smallest absolute Gasteiger partial charge is 0.0132 e. The van der Waals surface area contributed by atoms with Crippen molar-refractivity contribution in [3.63, 3.8) is 0 Å². The highest BCUT2D eigenvalue weighted by atomic mass is 14.9. The van der Waals surface area contributed by atoms with Crippen LogP contribution in [-0.2, 0) is 0 Å². The molecule has 1 N–H and O–H groups in total. The third-order valence-electron chi connectivity index (χ3n) is 2.53. The maximum Gasteiger partial charge on any atom is 0.0132 e. The van der Waals surface area contributed by atoms with Crippen LogP contribution in [0.4, 0.5) is 0 Å². The van der Waals surface area contributed by atoms with Crippen LogP contribution in [0.3, 0.4) is 0 Å². The minimum absolute atomic E-state index is 0.742. The molecular formula is C9H17N. The summed E-state index contributed by atoms with van der Waals surface area (Å²) in [4.78, 5) is 0. The van der Waals surface area contributed by atoms with Gasteiger partial charge in [-0.25, -0.2) is 0 Å². The Balaban J connectivity index is 2.40. The Morgan fingerprint density at radius 1 is 1.50 bits per heavy atom. The molecule has 1 rings (SSSR count). The first-order valence-electron chi connectivity index (χ1n) is 4.09. The van der Waals surface area contributed by atoms with E-state index in [-0.39, 0.29) is 0 Å². The maximum atomic E-state index is 3.32. The van der Waals surface area contributed by atoms with Gasteiger partial charge in [0, 0.05) is 6.04 Å². The summed E-state index contributed by atoms with van der Waals surface area (Å²) in [7, 11) is 2.05. The van der Waals surface area contributed by atoms with Gasteiger partial charge in [-0.15, -0.1) is 0 Å². The van der Waals surface area contributed by atoms with Crippen molar-refractivity contribution in [2.75, 3.05) is 7.05 Å². The third-order valence-corrected chi connectivity index (χ3v) is 2.53. The normalized spacial score (nSPS) is 40.1. The van der Waals surface area contributed by atoms with Gasteiger partial charge in [-0.05, 0) is 32.2 Å². The van der Waals surface area contributed by atoms with Crippen molar-refractivity contribution < 1.29 is 0 Å². The number of nitrogens with one attached hydrogen (secondary N) is 1. The molecule has 0 aliphatic heterocycles. The van der Waals surface area contributed by atoms with Gasteiger partial charge < -0.3 is 5.32 Å². The van der Waals surface area contributed by atoms with E-state index in [2.05, 4.69) is 31.3 Å². The van der Waals surface area contributed by atoms with Gasteiger partial charge in [-0.3, -0.25) is 0 Å². The molecule has 1 nitrogen and oxygen atoms in total. The summed E-state index contributed by atoms with van der Waals surface area (Å²) in [5.41, 5.74) is 0. The van der Waals surface area contributed by atoms with Gasteiger partial charge in [0.1, 0.15) is 0 Å². The number of hydrogen-bond donors (Lipinski definition) is 1. The van der Waals surface area contributed by atoms with Crippen molar-refractivity contribution in [1.82, 2.24) is 5.32 Å². The third kappa shape index (κ3) is 1.24. The van der Waals surface area contributed by atoms with Crippen molar-refractivity contribution in [2.24, 2.45) is 11.8 Å². The second-order valence-corrected chi connectivity index (χ2v) is 3.21. The molecule has 0 bridgehead atoms. The van der Waals surface area contributed by atoms with E-state index < -0.39 is 0 Å². The molecule has 1 aliphatic rings. The molecule has 1 aliphatic carbocycles. The highest BCUT2D eigenvalue weighted by molar-refractivity contribution is 5.02. The van der Waals surface area contributed by atoms with E-state index >= 15 is 0 Å². The largest absolute Gasteiger partial charge is 0.316 e. The van der Waals surface area contributed by atoms with Crippen LogP contribution in [-0.4, -0.2) is 13.1 Å². The van der Waals surface area contributed by atoms with Gasteiger partial charge in [0.15, 0.2) is 0 Å². The van der Waals surface area contributed by atoms with E-state index in [0.717, 1.165) is 17.9 Å². The fraction of sp³-hybridized carbons (Fsp3) is 0.778. The average molecular weight is 139 g/mol. The molecule has 0 amide bonds. The molecule has 0 saturated heterocycles. The highest BCUT2D eigenvalue weighted by Crippen LogP contribution is 2.34. The first-order chi connectivity index (χ1) is 4.79. The van der Waals surface area contributed by atoms with Crippen LogP contribution in [0, 0.1) is 11.8 Å².